The van der Waals surface area contributed by atoms with E-state index in [0.29, 0.717) is 19.8 Å². The summed E-state index contributed by atoms with van der Waals surface area (Å²) in [6.07, 6.45) is 1.73. The van der Waals surface area contributed by atoms with Gasteiger partial charge in [-0.05, 0) is 33.9 Å². The molecule has 0 aromatic heterocycles. The standard InChI is InChI=1S/C10H23NO3Si/c1-6-11(7-2)15(12-8-3,13-9-4)14-10-5/h6H,1,7-10H2,2-5H3. The molecule has 0 rings (SSSR count). The molecule has 0 aliphatic rings. The molecule has 0 aromatic carbocycles. The normalized spacial score (nSPS) is 11.5. The summed E-state index contributed by atoms with van der Waals surface area (Å²) in [7, 11) is -2.71. The molecule has 5 heteroatoms. The van der Waals surface area contributed by atoms with Crippen molar-refractivity contribution in [3.63, 3.8) is 0 Å². The lowest BCUT2D eigenvalue weighted by Crippen LogP contribution is -2.59. The van der Waals surface area contributed by atoms with E-state index in [-0.39, 0.29) is 0 Å². The highest BCUT2D eigenvalue weighted by molar-refractivity contribution is 6.57. The molecule has 0 N–H and O–H groups in total. The first kappa shape index (κ1) is 14.6. The Kier molecular flexibility index (Phi) is 7.68. The van der Waals surface area contributed by atoms with Gasteiger partial charge in [0.05, 0.1) is 0 Å². The predicted molar refractivity (Wildman–Crippen MR) is 63.2 cm³/mol. The largest absolute Gasteiger partial charge is 0.633 e. The maximum Gasteiger partial charge on any atom is 0.633 e. The van der Waals surface area contributed by atoms with Gasteiger partial charge in [-0.15, -0.1) is 0 Å². The topological polar surface area (TPSA) is 30.9 Å². The van der Waals surface area contributed by atoms with Crippen molar-refractivity contribution in [1.82, 2.24) is 4.57 Å². The van der Waals surface area contributed by atoms with E-state index < -0.39 is 8.97 Å². The Morgan fingerprint density at radius 3 is 1.60 bits per heavy atom. The minimum Gasteiger partial charge on any atom is -0.357 e. The van der Waals surface area contributed by atoms with E-state index in [1.54, 1.807) is 6.20 Å². The zero-order valence-corrected chi connectivity index (χ0v) is 11.3. The molecule has 4 nitrogen and oxygen atoms in total. The number of hydrogen-bond acceptors (Lipinski definition) is 4. The molecule has 0 bridgehead atoms. The van der Waals surface area contributed by atoms with Crippen LogP contribution in [0.4, 0.5) is 0 Å². The van der Waals surface area contributed by atoms with E-state index in [4.69, 9.17) is 13.3 Å². The van der Waals surface area contributed by atoms with Gasteiger partial charge in [0.1, 0.15) is 0 Å². The number of nitrogens with zero attached hydrogens (tertiary/aromatic N) is 1. The van der Waals surface area contributed by atoms with E-state index in [1.165, 1.54) is 0 Å². The first-order chi connectivity index (χ1) is 7.20. The highest BCUT2D eigenvalue weighted by Crippen LogP contribution is 2.16. The van der Waals surface area contributed by atoms with Gasteiger partial charge in [-0.25, -0.2) is 0 Å². The van der Waals surface area contributed by atoms with Gasteiger partial charge in [-0.2, -0.15) is 0 Å². The second-order valence-electron chi connectivity index (χ2n) is 2.79. The zero-order valence-electron chi connectivity index (χ0n) is 10.3. The molecular weight excluding hydrogens is 210 g/mol. The summed E-state index contributed by atoms with van der Waals surface area (Å²) in [5.41, 5.74) is 0. The number of hydrogen-bond donors (Lipinski definition) is 0. The quantitative estimate of drug-likeness (QED) is 0.570. The molecule has 15 heavy (non-hydrogen) atoms. The Bertz CT molecular complexity index is 161. The Morgan fingerprint density at radius 1 is 1.00 bits per heavy atom. The van der Waals surface area contributed by atoms with Crippen molar-refractivity contribution in [3.8, 4) is 0 Å². The smallest absolute Gasteiger partial charge is 0.357 e. The maximum atomic E-state index is 5.70. The third kappa shape index (κ3) is 3.94. The SMILES string of the molecule is C=CN(CC)[Si](OCC)(OCC)OCC. The molecule has 90 valence electrons. The molecule has 0 fully saturated rings. The molecule has 0 aromatic rings. The highest BCUT2D eigenvalue weighted by Gasteiger charge is 2.47. The van der Waals surface area contributed by atoms with Crippen molar-refractivity contribution in [1.29, 1.82) is 0 Å². The van der Waals surface area contributed by atoms with Crippen LogP contribution in [0.5, 0.6) is 0 Å². The number of rotatable bonds is 9. The fourth-order valence-electron chi connectivity index (χ4n) is 1.36. The molecule has 0 spiro atoms. The molecule has 0 aliphatic heterocycles. The summed E-state index contributed by atoms with van der Waals surface area (Å²) in [5, 5.41) is 0. The van der Waals surface area contributed by atoms with E-state index in [9.17, 15) is 0 Å². The van der Waals surface area contributed by atoms with Crippen LogP contribution in [0.15, 0.2) is 12.8 Å². The van der Waals surface area contributed by atoms with Gasteiger partial charge in [-0.3, -0.25) is 0 Å². The van der Waals surface area contributed by atoms with Crippen LogP contribution in [-0.4, -0.2) is 39.9 Å². The van der Waals surface area contributed by atoms with Crippen LogP contribution in [0.3, 0.4) is 0 Å². The lowest BCUT2D eigenvalue weighted by molar-refractivity contribution is 0.0304. The lowest BCUT2D eigenvalue weighted by Gasteiger charge is -2.35. The van der Waals surface area contributed by atoms with Crippen LogP contribution in [0, 0.1) is 0 Å². The monoisotopic (exact) mass is 233 g/mol. The third-order valence-corrected chi connectivity index (χ3v) is 5.06. The Hall–Kier alpha value is -0.363. The third-order valence-electron chi connectivity index (χ3n) is 1.89. The minimum atomic E-state index is -2.71. The Balaban J connectivity index is 4.79. The van der Waals surface area contributed by atoms with Gasteiger partial charge in [0.15, 0.2) is 0 Å². The van der Waals surface area contributed by atoms with Crippen molar-refractivity contribution < 1.29 is 13.3 Å². The van der Waals surface area contributed by atoms with E-state index in [2.05, 4.69) is 6.58 Å². The molecule has 0 amide bonds. The summed E-state index contributed by atoms with van der Waals surface area (Å²) < 4.78 is 19.0. The van der Waals surface area contributed by atoms with Crippen molar-refractivity contribution in [2.75, 3.05) is 26.4 Å². The first-order valence-electron chi connectivity index (χ1n) is 5.51. The zero-order chi connectivity index (χ0) is 11.7. The van der Waals surface area contributed by atoms with Gasteiger partial charge >= 0.3 is 8.97 Å². The van der Waals surface area contributed by atoms with Crippen LogP contribution in [0.25, 0.3) is 0 Å². The molecular formula is C10H23NO3Si. The van der Waals surface area contributed by atoms with Crippen LogP contribution in [0.1, 0.15) is 27.7 Å². The Morgan fingerprint density at radius 2 is 1.40 bits per heavy atom. The predicted octanol–water partition coefficient (Wildman–Crippen LogP) is 2.00. The minimum absolute atomic E-state index is 0.580. The second-order valence-corrected chi connectivity index (χ2v) is 5.28. The highest BCUT2D eigenvalue weighted by atomic mass is 28.4. The average Bonchev–Trinajstić information content (AvgIpc) is 2.20. The average molecular weight is 233 g/mol. The fraction of sp³-hybridized carbons (Fsp3) is 0.800. The van der Waals surface area contributed by atoms with Gasteiger partial charge in [-0.1, -0.05) is 6.58 Å². The van der Waals surface area contributed by atoms with Crippen molar-refractivity contribution in [2.45, 2.75) is 27.7 Å². The summed E-state index contributed by atoms with van der Waals surface area (Å²) in [6.45, 7) is 14.1. The van der Waals surface area contributed by atoms with Crippen LogP contribution in [-0.2, 0) is 13.3 Å². The van der Waals surface area contributed by atoms with Gasteiger partial charge in [0, 0.05) is 26.4 Å². The van der Waals surface area contributed by atoms with Crippen LogP contribution in [0.2, 0.25) is 0 Å². The van der Waals surface area contributed by atoms with Gasteiger partial charge < -0.3 is 17.8 Å². The molecule has 0 saturated heterocycles. The van der Waals surface area contributed by atoms with Gasteiger partial charge in [0.25, 0.3) is 0 Å². The van der Waals surface area contributed by atoms with Crippen molar-refractivity contribution in [2.24, 2.45) is 0 Å². The Labute approximate surface area is 94.3 Å². The van der Waals surface area contributed by atoms with Crippen LogP contribution >= 0.6 is 0 Å². The fourth-order valence-corrected chi connectivity index (χ4v) is 3.81. The molecule has 0 unspecified atom stereocenters. The first-order valence-corrected chi connectivity index (χ1v) is 7.19. The summed E-state index contributed by atoms with van der Waals surface area (Å²) >= 11 is 0. The summed E-state index contributed by atoms with van der Waals surface area (Å²) in [5.74, 6) is 0. The van der Waals surface area contributed by atoms with E-state index in [1.807, 2.05) is 32.3 Å². The summed E-state index contributed by atoms with van der Waals surface area (Å²) in [6, 6.07) is 0. The molecule has 0 saturated carbocycles. The van der Waals surface area contributed by atoms with Crippen LogP contribution < -0.4 is 0 Å². The molecule has 0 heterocycles. The maximum absolute atomic E-state index is 5.70. The molecule has 0 atom stereocenters. The van der Waals surface area contributed by atoms with E-state index in [0.717, 1.165) is 6.54 Å². The van der Waals surface area contributed by atoms with E-state index >= 15 is 0 Å². The molecule has 0 radical (unpaired) electrons. The second kappa shape index (κ2) is 7.87. The summed E-state index contributed by atoms with van der Waals surface area (Å²) in [4.78, 5) is 0. The lowest BCUT2D eigenvalue weighted by atomic mass is 10.7. The molecule has 0 aliphatic carbocycles. The van der Waals surface area contributed by atoms with Gasteiger partial charge in [0.2, 0.25) is 0 Å². The van der Waals surface area contributed by atoms with Crippen molar-refractivity contribution in [3.05, 3.63) is 12.8 Å². The van der Waals surface area contributed by atoms with Crippen molar-refractivity contribution >= 4 is 8.97 Å².